The topological polar surface area (TPSA) is 72.7 Å². The van der Waals surface area contributed by atoms with E-state index in [4.69, 9.17) is 12.2 Å². The van der Waals surface area contributed by atoms with Crippen LogP contribution in [0.5, 0.6) is 0 Å². The van der Waals surface area contributed by atoms with Gasteiger partial charge in [0.15, 0.2) is 20.3 Å². The molecule has 8 heteroatoms. The summed E-state index contributed by atoms with van der Waals surface area (Å²) in [5.74, 6) is 0.705. The van der Waals surface area contributed by atoms with Crippen molar-refractivity contribution in [3.63, 3.8) is 0 Å². The van der Waals surface area contributed by atoms with E-state index in [0.29, 0.717) is 17.1 Å². The van der Waals surface area contributed by atoms with Crippen LogP contribution in [-0.2, 0) is 29.9 Å². The second-order valence-electron chi connectivity index (χ2n) is 5.83. The minimum Gasteiger partial charge on any atom is -0.328 e. The van der Waals surface area contributed by atoms with E-state index in [2.05, 4.69) is 17.0 Å². The quantitative estimate of drug-likeness (QED) is 0.869. The van der Waals surface area contributed by atoms with E-state index >= 15 is 0 Å². The number of hydrogen-bond donors (Lipinski definition) is 1. The number of rotatable bonds is 4. The van der Waals surface area contributed by atoms with Gasteiger partial charge in [0.2, 0.25) is 0 Å². The normalized spacial score (nSPS) is 21.3. The number of H-pyrrole nitrogens is 1. The average molecular weight is 328 g/mol. The fourth-order valence-electron chi connectivity index (χ4n) is 3.13. The van der Waals surface area contributed by atoms with E-state index in [1.54, 1.807) is 0 Å². The largest absolute Gasteiger partial charge is 0.328 e. The summed E-state index contributed by atoms with van der Waals surface area (Å²) in [5.41, 5.74) is 2.98. The maximum absolute atomic E-state index is 11.6. The molecule has 116 valence electrons. The number of hydrogen-bond acceptors (Lipinski definition) is 4. The van der Waals surface area contributed by atoms with E-state index < -0.39 is 9.84 Å². The molecular weight excluding hydrogens is 308 g/mol. The number of sulfone groups is 1. The van der Waals surface area contributed by atoms with Gasteiger partial charge in [-0.2, -0.15) is 5.10 Å². The maximum atomic E-state index is 11.6. The summed E-state index contributed by atoms with van der Waals surface area (Å²) in [6, 6.07) is 0. The molecule has 0 saturated carbocycles. The van der Waals surface area contributed by atoms with Crippen LogP contribution in [0.15, 0.2) is 0 Å². The lowest BCUT2D eigenvalue weighted by Gasteiger charge is -2.09. The molecule has 0 radical (unpaired) electrons. The molecule has 1 fully saturated rings. The zero-order valence-electron chi connectivity index (χ0n) is 12.3. The van der Waals surface area contributed by atoms with Crippen molar-refractivity contribution in [3.05, 3.63) is 10.5 Å². The first-order valence-corrected chi connectivity index (χ1v) is 9.49. The number of imidazole rings is 1. The molecule has 2 aromatic heterocycles. The van der Waals surface area contributed by atoms with Gasteiger partial charge in [0.25, 0.3) is 0 Å². The lowest BCUT2D eigenvalue weighted by Crippen LogP contribution is -2.14. The molecule has 0 bridgehead atoms. The molecule has 0 aromatic carbocycles. The zero-order chi connectivity index (χ0) is 15.2. The fraction of sp³-hybridized carbons (Fsp3) is 0.692. The van der Waals surface area contributed by atoms with Crippen molar-refractivity contribution >= 4 is 33.2 Å². The summed E-state index contributed by atoms with van der Waals surface area (Å²) in [4.78, 5) is 3.24. The van der Waals surface area contributed by atoms with Gasteiger partial charge in [-0.25, -0.2) is 8.42 Å². The van der Waals surface area contributed by atoms with Gasteiger partial charge in [-0.05, 0) is 31.0 Å². The van der Waals surface area contributed by atoms with Gasteiger partial charge in [0.05, 0.1) is 17.2 Å². The Balaban J connectivity index is 1.99. The molecule has 1 aliphatic rings. The van der Waals surface area contributed by atoms with E-state index in [1.165, 1.54) is 0 Å². The SMILES string of the molecule is CCCc1nn(C)c2c1[nH]c(=S)n2CC1CCS(=O)(=O)C1. The highest BCUT2D eigenvalue weighted by Crippen LogP contribution is 2.24. The number of aromatic amines is 1. The Morgan fingerprint density at radius 2 is 2.24 bits per heavy atom. The molecule has 1 atom stereocenters. The number of fused-ring (bicyclic) bond motifs is 1. The molecule has 1 saturated heterocycles. The third-order valence-corrected chi connectivity index (χ3v) is 6.24. The van der Waals surface area contributed by atoms with Crippen LogP contribution in [0.1, 0.15) is 25.5 Å². The summed E-state index contributed by atoms with van der Waals surface area (Å²) >= 11 is 5.42. The lowest BCUT2D eigenvalue weighted by molar-refractivity contribution is 0.489. The predicted octanol–water partition coefficient (Wildman–Crippen LogP) is 1.82. The van der Waals surface area contributed by atoms with Gasteiger partial charge in [0.1, 0.15) is 5.52 Å². The maximum Gasteiger partial charge on any atom is 0.179 e. The van der Waals surface area contributed by atoms with Gasteiger partial charge in [0, 0.05) is 13.6 Å². The Morgan fingerprint density at radius 1 is 1.48 bits per heavy atom. The summed E-state index contributed by atoms with van der Waals surface area (Å²) in [5, 5.41) is 4.54. The standard InChI is InChI=1S/C13H20N4O2S2/c1-3-4-10-11-12(16(2)15-10)17(13(20)14-11)7-9-5-6-21(18,19)8-9/h9H,3-8H2,1-2H3,(H,14,20). The van der Waals surface area contributed by atoms with Crippen LogP contribution in [0, 0.1) is 10.7 Å². The van der Waals surface area contributed by atoms with E-state index in [0.717, 1.165) is 36.1 Å². The van der Waals surface area contributed by atoms with Crippen LogP contribution < -0.4 is 0 Å². The Hall–Kier alpha value is -1.15. The molecule has 3 heterocycles. The van der Waals surface area contributed by atoms with Crippen molar-refractivity contribution < 1.29 is 8.42 Å². The molecule has 21 heavy (non-hydrogen) atoms. The van der Waals surface area contributed by atoms with Crippen molar-refractivity contribution in [1.29, 1.82) is 0 Å². The molecule has 3 rings (SSSR count). The highest BCUT2D eigenvalue weighted by Gasteiger charge is 2.29. The predicted molar refractivity (Wildman–Crippen MR) is 84.6 cm³/mol. The van der Waals surface area contributed by atoms with Gasteiger partial charge >= 0.3 is 0 Å². The molecule has 1 unspecified atom stereocenters. The van der Waals surface area contributed by atoms with Crippen LogP contribution in [0.25, 0.3) is 11.2 Å². The fourth-order valence-corrected chi connectivity index (χ4v) is 5.25. The second-order valence-corrected chi connectivity index (χ2v) is 8.44. The third-order valence-electron chi connectivity index (χ3n) is 4.08. The summed E-state index contributed by atoms with van der Waals surface area (Å²) < 4.78 is 27.7. The molecule has 0 spiro atoms. The monoisotopic (exact) mass is 328 g/mol. The lowest BCUT2D eigenvalue weighted by atomic mass is 10.1. The highest BCUT2D eigenvalue weighted by atomic mass is 32.2. The second kappa shape index (κ2) is 5.24. The molecular formula is C13H20N4O2S2. The van der Waals surface area contributed by atoms with Crippen LogP contribution >= 0.6 is 12.2 Å². The summed E-state index contributed by atoms with van der Waals surface area (Å²) in [6.45, 7) is 2.76. The van der Waals surface area contributed by atoms with Crippen molar-refractivity contribution in [1.82, 2.24) is 19.3 Å². The number of aryl methyl sites for hydroxylation is 2. The first-order valence-electron chi connectivity index (χ1n) is 7.26. The van der Waals surface area contributed by atoms with Crippen LogP contribution in [-0.4, -0.2) is 39.3 Å². The van der Waals surface area contributed by atoms with Crippen molar-refractivity contribution in [3.8, 4) is 0 Å². The molecule has 1 N–H and O–H groups in total. The van der Waals surface area contributed by atoms with Gasteiger partial charge in [-0.3, -0.25) is 4.68 Å². The molecule has 6 nitrogen and oxygen atoms in total. The first-order chi connectivity index (χ1) is 9.91. The Kier molecular flexibility index (Phi) is 3.69. The number of nitrogens with one attached hydrogen (secondary N) is 1. The van der Waals surface area contributed by atoms with Crippen molar-refractivity contribution in [2.45, 2.75) is 32.7 Å². The van der Waals surface area contributed by atoms with Gasteiger partial charge in [-0.1, -0.05) is 13.3 Å². The van der Waals surface area contributed by atoms with Crippen LogP contribution in [0.4, 0.5) is 0 Å². The van der Waals surface area contributed by atoms with Gasteiger partial charge < -0.3 is 9.55 Å². The molecule has 0 amide bonds. The minimum atomic E-state index is -2.86. The number of aromatic nitrogens is 4. The van der Waals surface area contributed by atoms with Crippen molar-refractivity contribution in [2.75, 3.05) is 11.5 Å². The Bertz CT molecular complexity index is 828. The molecule has 0 aliphatic carbocycles. The minimum absolute atomic E-state index is 0.144. The highest BCUT2D eigenvalue weighted by molar-refractivity contribution is 7.91. The third kappa shape index (κ3) is 2.66. The average Bonchev–Trinajstić information content (AvgIpc) is 2.99. The van der Waals surface area contributed by atoms with E-state index in [9.17, 15) is 8.42 Å². The molecule has 2 aromatic rings. The van der Waals surface area contributed by atoms with Crippen LogP contribution in [0.3, 0.4) is 0 Å². The molecule has 1 aliphatic heterocycles. The van der Waals surface area contributed by atoms with E-state index in [-0.39, 0.29) is 11.7 Å². The smallest absolute Gasteiger partial charge is 0.179 e. The van der Waals surface area contributed by atoms with E-state index in [1.807, 2.05) is 16.3 Å². The van der Waals surface area contributed by atoms with Crippen molar-refractivity contribution in [2.24, 2.45) is 13.0 Å². The summed E-state index contributed by atoms with van der Waals surface area (Å²) in [6.07, 6.45) is 2.65. The first kappa shape index (κ1) is 14.8. The zero-order valence-corrected chi connectivity index (χ0v) is 13.9. The summed E-state index contributed by atoms with van der Waals surface area (Å²) in [7, 11) is -0.950. The Labute approximate surface area is 129 Å². The number of nitrogens with zero attached hydrogens (tertiary/aromatic N) is 3. The van der Waals surface area contributed by atoms with Crippen LogP contribution in [0.2, 0.25) is 0 Å². The van der Waals surface area contributed by atoms with Gasteiger partial charge in [-0.15, -0.1) is 0 Å². The Morgan fingerprint density at radius 3 is 2.86 bits per heavy atom.